The van der Waals surface area contributed by atoms with Crippen molar-refractivity contribution in [2.45, 2.75) is 5.03 Å². The minimum Gasteiger partial charge on any atom is -0.263 e. The second-order valence-electron chi connectivity index (χ2n) is 2.77. The summed E-state index contributed by atoms with van der Waals surface area (Å²) in [5.74, 6) is 1.05. The Morgan fingerprint density at radius 2 is 2.33 bits per heavy atom. The van der Waals surface area contributed by atoms with Gasteiger partial charge in [0, 0.05) is 40.4 Å². The lowest BCUT2D eigenvalue weighted by Crippen LogP contribution is -2.27. The average molecular weight is 174 g/mol. The molecule has 0 amide bonds. The van der Waals surface area contributed by atoms with E-state index in [4.69, 9.17) is 0 Å². The molecule has 0 aromatic carbocycles. The van der Waals surface area contributed by atoms with Crippen LogP contribution >= 0.6 is 11.8 Å². The maximum absolute atomic E-state index is 4.35. The lowest BCUT2D eigenvalue weighted by atomic mass is 10.2. The van der Waals surface area contributed by atoms with E-state index < -0.39 is 0 Å². The summed E-state index contributed by atoms with van der Waals surface area (Å²) >= 11 is 1.79. The molecule has 0 unspecified atom stereocenters. The zero-order chi connectivity index (χ0) is 7.97. The molecule has 0 N–H and O–H groups in total. The molecule has 1 aromatic rings. The van der Waals surface area contributed by atoms with Crippen LogP contribution in [0.4, 0.5) is 0 Å². The topological polar surface area (TPSA) is 25.2 Å². The van der Waals surface area contributed by atoms with Crippen molar-refractivity contribution in [2.75, 3.05) is 5.75 Å². The van der Waals surface area contributed by atoms with Gasteiger partial charge in [-0.1, -0.05) is 6.08 Å². The van der Waals surface area contributed by atoms with Crippen molar-refractivity contribution in [2.24, 2.45) is 4.99 Å². The van der Waals surface area contributed by atoms with Gasteiger partial charge in [-0.25, -0.2) is 4.98 Å². The minimum absolute atomic E-state index is 1.05. The van der Waals surface area contributed by atoms with E-state index in [1.54, 1.807) is 11.8 Å². The summed E-state index contributed by atoms with van der Waals surface area (Å²) in [6.45, 7) is 0. The van der Waals surface area contributed by atoms with Crippen LogP contribution in [0.2, 0.25) is 0 Å². The Morgan fingerprint density at radius 1 is 1.33 bits per heavy atom. The van der Waals surface area contributed by atoms with E-state index in [0.717, 1.165) is 16.3 Å². The molecule has 0 fully saturated rings. The van der Waals surface area contributed by atoms with Crippen molar-refractivity contribution in [3.05, 3.63) is 22.2 Å². The SMILES string of the molecule is C1=NC=c2c1cnc1c2=CCS1. The van der Waals surface area contributed by atoms with Crippen molar-refractivity contribution >= 4 is 30.3 Å². The average Bonchev–Trinajstić information content (AvgIpc) is 2.71. The number of thioether (sulfide) groups is 1. The number of aliphatic imine (C=N–C) groups is 1. The molecule has 0 radical (unpaired) electrons. The van der Waals surface area contributed by atoms with Crippen LogP contribution in [0.1, 0.15) is 5.56 Å². The van der Waals surface area contributed by atoms with E-state index in [1.165, 1.54) is 10.4 Å². The molecule has 2 aliphatic heterocycles. The van der Waals surface area contributed by atoms with E-state index in [0.29, 0.717) is 0 Å². The molecule has 0 spiro atoms. The highest BCUT2D eigenvalue weighted by Gasteiger charge is 2.09. The van der Waals surface area contributed by atoms with E-state index in [-0.39, 0.29) is 0 Å². The Hall–Kier alpha value is -1.09. The van der Waals surface area contributed by atoms with Crippen molar-refractivity contribution in [3.8, 4) is 0 Å². The number of hydrogen-bond donors (Lipinski definition) is 0. The van der Waals surface area contributed by atoms with Crippen LogP contribution in [0.25, 0.3) is 12.3 Å². The number of hydrogen-bond acceptors (Lipinski definition) is 3. The summed E-state index contributed by atoms with van der Waals surface area (Å²) in [4.78, 5) is 8.46. The molecule has 3 heterocycles. The molecule has 0 atom stereocenters. The maximum atomic E-state index is 4.35. The number of rotatable bonds is 0. The molecular weight excluding hydrogens is 168 g/mol. The molecule has 2 aliphatic rings. The third kappa shape index (κ3) is 0.716. The monoisotopic (exact) mass is 174 g/mol. The van der Waals surface area contributed by atoms with Crippen molar-refractivity contribution in [1.29, 1.82) is 0 Å². The second kappa shape index (κ2) is 2.20. The van der Waals surface area contributed by atoms with Gasteiger partial charge < -0.3 is 0 Å². The highest BCUT2D eigenvalue weighted by atomic mass is 32.2. The summed E-state index contributed by atoms with van der Waals surface area (Å²) in [7, 11) is 0. The molecule has 2 nitrogen and oxygen atoms in total. The Labute approximate surface area is 73.7 Å². The zero-order valence-electron chi connectivity index (χ0n) is 6.32. The third-order valence-electron chi connectivity index (χ3n) is 2.08. The standard InChI is InChI=1S/C9H6N2S/c1-2-12-9-7(1)8-5-10-3-6(8)4-11-9/h1,3-5H,2H2. The highest BCUT2D eigenvalue weighted by Crippen LogP contribution is 2.14. The van der Waals surface area contributed by atoms with Crippen molar-refractivity contribution in [3.63, 3.8) is 0 Å². The van der Waals surface area contributed by atoms with Crippen molar-refractivity contribution < 1.29 is 0 Å². The first kappa shape index (κ1) is 6.43. The molecule has 1 aromatic heterocycles. The Bertz CT molecular complexity index is 488. The first-order valence-corrected chi connectivity index (χ1v) is 4.79. The number of fused-ring (bicyclic) bond motifs is 3. The highest BCUT2D eigenvalue weighted by molar-refractivity contribution is 7.99. The lowest BCUT2D eigenvalue weighted by Gasteiger charge is -1.93. The van der Waals surface area contributed by atoms with Crippen LogP contribution in [0.5, 0.6) is 0 Å². The fraction of sp³-hybridized carbons (Fsp3) is 0.111. The fourth-order valence-electron chi connectivity index (χ4n) is 1.49. The maximum Gasteiger partial charge on any atom is 0.104 e. The van der Waals surface area contributed by atoms with Crippen LogP contribution < -0.4 is 10.4 Å². The van der Waals surface area contributed by atoms with Gasteiger partial charge >= 0.3 is 0 Å². The van der Waals surface area contributed by atoms with E-state index >= 15 is 0 Å². The van der Waals surface area contributed by atoms with Crippen LogP contribution in [0.3, 0.4) is 0 Å². The Morgan fingerprint density at radius 3 is 3.33 bits per heavy atom. The molecule has 0 bridgehead atoms. The first-order chi connectivity index (χ1) is 5.95. The third-order valence-corrected chi connectivity index (χ3v) is 3.01. The minimum atomic E-state index is 1.05. The van der Waals surface area contributed by atoms with E-state index in [1.807, 2.05) is 18.6 Å². The lowest BCUT2D eigenvalue weighted by molar-refractivity contribution is 1.09. The number of nitrogens with zero attached hydrogens (tertiary/aromatic N) is 2. The zero-order valence-corrected chi connectivity index (χ0v) is 7.14. The molecular formula is C9H6N2S. The van der Waals surface area contributed by atoms with Crippen LogP contribution in [-0.4, -0.2) is 17.0 Å². The summed E-state index contributed by atoms with van der Waals surface area (Å²) in [6, 6.07) is 0. The van der Waals surface area contributed by atoms with Gasteiger partial charge in [-0.2, -0.15) is 0 Å². The summed E-state index contributed by atoms with van der Waals surface area (Å²) in [5.41, 5.74) is 1.15. The van der Waals surface area contributed by atoms with Crippen LogP contribution in [-0.2, 0) is 0 Å². The van der Waals surface area contributed by atoms with Crippen LogP contribution in [0.15, 0.2) is 16.2 Å². The largest absolute Gasteiger partial charge is 0.263 e. The van der Waals surface area contributed by atoms with Gasteiger partial charge in [0.2, 0.25) is 0 Å². The van der Waals surface area contributed by atoms with Gasteiger partial charge in [0.1, 0.15) is 5.03 Å². The van der Waals surface area contributed by atoms with Gasteiger partial charge in [-0.05, 0) is 0 Å². The smallest absolute Gasteiger partial charge is 0.104 e. The van der Waals surface area contributed by atoms with Gasteiger partial charge in [0.25, 0.3) is 0 Å². The van der Waals surface area contributed by atoms with Crippen molar-refractivity contribution in [1.82, 2.24) is 4.98 Å². The Kier molecular flexibility index (Phi) is 1.18. The summed E-state index contributed by atoms with van der Waals surface area (Å²) < 4.78 is 0. The quantitative estimate of drug-likeness (QED) is 0.559. The molecule has 0 aliphatic carbocycles. The van der Waals surface area contributed by atoms with E-state index in [2.05, 4.69) is 16.1 Å². The predicted octanol–water partition coefficient (Wildman–Crippen LogP) is 0.138. The van der Waals surface area contributed by atoms with Crippen LogP contribution in [0, 0.1) is 0 Å². The molecule has 3 heteroatoms. The molecule has 58 valence electrons. The molecule has 3 rings (SSSR count). The first-order valence-electron chi connectivity index (χ1n) is 3.80. The van der Waals surface area contributed by atoms with E-state index in [9.17, 15) is 0 Å². The summed E-state index contributed by atoms with van der Waals surface area (Å²) in [5, 5.41) is 3.66. The molecule has 0 saturated heterocycles. The molecule has 0 saturated carbocycles. The fourth-order valence-corrected chi connectivity index (χ4v) is 2.38. The number of aromatic nitrogens is 1. The van der Waals surface area contributed by atoms with Gasteiger partial charge in [-0.15, -0.1) is 11.8 Å². The van der Waals surface area contributed by atoms with Gasteiger partial charge in [-0.3, -0.25) is 4.99 Å². The number of pyridine rings is 1. The predicted molar refractivity (Wildman–Crippen MR) is 50.7 cm³/mol. The van der Waals surface area contributed by atoms with Gasteiger partial charge in [0.05, 0.1) is 0 Å². The normalized spacial score (nSPS) is 16.7. The Balaban J connectivity index is 2.54. The van der Waals surface area contributed by atoms with Gasteiger partial charge in [0.15, 0.2) is 0 Å². The molecule has 12 heavy (non-hydrogen) atoms. The second-order valence-corrected chi connectivity index (χ2v) is 3.78. The summed E-state index contributed by atoms with van der Waals surface area (Å²) in [6.07, 6.45) is 7.89.